The number of aryl methyl sites for hydroxylation is 1. The van der Waals surface area contributed by atoms with Gasteiger partial charge >= 0.3 is 0 Å². The molecule has 0 aliphatic carbocycles. The third kappa shape index (κ3) is 4.81. The zero-order valence-corrected chi connectivity index (χ0v) is 15.9. The van der Waals surface area contributed by atoms with Gasteiger partial charge in [-0.2, -0.15) is 0 Å². The number of hydrogen-bond donors (Lipinski definition) is 1. The third-order valence-corrected chi connectivity index (χ3v) is 4.71. The highest BCUT2D eigenvalue weighted by atomic mass is 35.5. The van der Waals surface area contributed by atoms with E-state index in [-0.39, 0.29) is 35.4 Å². The molecule has 1 aliphatic rings. The molecular formula is C19H29ClN2O2. The standard InChI is InChI=1S/C19H28N2O2.ClH/c1-13-5-7-14(8-6-13)16(22)15-9-11-21(12-10-15)18(23)17(20)19(2,3)4;/h5-8,15,17H,9-12,20H2,1-4H3;1H/t17-;/m1./s1. The average Bonchev–Trinajstić information content (AvgIpc) is 2.53. The van der Waals surface area contributed by atoms with Crippen LogP contribution in [0.3, 0.4) is 0 Å². The van der Waals surface area contributed by atoms with Crippen molar-refractivity contribution < 1.29 is 9.59 Å². The molecule has 1 saturated heterocycles. The summed E-state index contributed by atoms with van der Waals surface area (Å²) in [5.74, 6) is 0.198. The van der Waals surface area contributed by atoms with Gasteiger partial charge in [-0.15, -0.1) is 12.4 Å². The largest absolute Gasteiger partial charge is 0.341 e. The maximum atomic E-state index is 12.6. The van der Waals surface area contributed by atoms with E-state index in [1.54, 1.807) is 0 Å². The molecule has 0 aromatic heterocycles. The summed E-state index contributed by atoms with van der Waals surface area (Å²) in [5, 5.41) is 0. The molecule has 0 spiro atoms. The van der Waals surface area contributed by atoms with Gasteiger partial charge in [-0.3, -0.25) is 9.59 Å². The molecule has 134 valence electrons. The number of amides is 1. The molecule has 0 bridgehead atoms. The zero-order valence-electron chi connectivity index (χ0n) is 15.0. The number of hydrogen-bond acceptors (Lipinski definition) is 3. The summed E-state index contributed by atoms with van der Waals surface area (Å²) in [6.07, 6.45) is 1.44. The molecule has 1 aromatic rings. The fourth-order valence-corrected chi connectivity index (χ4v) is 2.88. The van der Waals surface area contributed by atoms with Crippen LogP contribution in [0.2, 0.25) is 0 Å². The van der Waals surface area contributed by atoms with Gasteiger partial charge in [-0.25, -0.2) is 0 Å². The Hall–Kier alpha value is -1.39. The summed E-state index contributed by atoms with van der Waals surface area (Å²) >= 11 is 0. The highest BCUT2D eigenvalue weighted by Crippen LogP contribution is 2.25. The first-order chi connectivity index (χ1) is 10.7. The smallest absolute Gasteiger partial charge is 0.240 e. The lowest BCUT2D eigenvalue weighted by atomic mass is 9.85. The Bertz CT molecular complexity index is 570. The highest BCUT2D eigenvalue weighted by molar-refractivity contribution is 5.98. The van der Waals surface area contributed by atoms with Crippen molar-refractivity contribution in [3.8, 4) is 0 Å². The highest BCUT2D eigenvalue weighted by Gasteiger charge is 2.34. The molecule has 1 aromatic carbocycles. The third-order valence-electron chi connectivity index (χ3n) is 4.71. The number of ketones is 1. The number of nitrogens with two attached hydrogens (primary N) is 1. The van der Waals surface area contributed by atoms with E-state index in [1.807, 2.05) is 56.9 Å². The first-order valence-electron chi connectivity index (χ1n) is 8.35. The number of likely N-dealkylation sites (tertiary alicyclic amines) is 1. The number of benzene rings is 1. The second-order valence-electron chi connectivity index (χ2n) is 7.67. The molecule has 2 rings (SSSR count). The van der Waals surface area contributed by atoms with E-state index in [0.717, 1.165) is 24.0 Å². The molecule has 2 N–H and O–H groups in total. The van der Waals surface area contributed by atoms with Gasteiger partial charge in [0.1, 0.15) is 0 Å². The quantitative estimate of drug-likeness (QED) is 0.849. The first kappa shape index (κ1) is 20.7. The fourth-order valence-electron chi connectivity index (χ4n) is 2.88. The summed E-state index contributed by atoms with van der Waals surface area (Å²) < 4.78 is 0. The number of halogens is 1. The molecule has 0 radical (unpaired) electrons. The Morgan fingerprint density at radius 3 is 2.08 bits per heavy atom. The van der Waals surface area contributed by atoms with Crippen LogP contribution in [-0.2, 0) is 4.79 Å². The van der Waals surface area contributed by atoms with Crippen molar-refractivity contribution in [2.24, 2.45) is 17.1 Å². The van der Waals surface area contributed by atoms with Crippen LogP contribution < -0.4 is 5.73 Å². The van der Waals surface area contributed by atoms with Crippen LogP contribution in [0.5, 0.6) is 0 Å². The van der Waals surface area contributed by atoms with Crippen molar-refractivity contribution in [2.45, 2.75) is 46.6 Å². The minimum absolute atomic E-state index is 0. The molecule has 1 amide bonds. The van der Waals surface area contributed by atoms with Gasteiger partial charge in [0.05, 0.1) is 6.04 Å². The minimum atomic E-state index is -0.494. The second-order valence-corrected chi connectivity index (χ2v) is 7.67. The van der Waals surface area contributed by atoms with Crippen molar-refractivity contribution in [1.29, 1.82) is 0 Å². The van der Waals surface area contributed by atoms with Gasteiger partial charge in [0.2, 0.25) is 5.91 Å². The van der Waals surface area contributed by atoms with Crippen LogP contribution >= 0.6 is 12.4 Å². The predicted octanol–water partition coefficient (Wildman–Crippen LogP) is 3.21. The lowest BCUT2D eigenvalue weighted by Gasteiger charge is -2.36. The molecule has 24 heavy (non-hydrogen) atoms. The maximum absolute atomic E-state index is 12.6. The molecule has 0 unspecified atom stereocenters. The molecule has 1 atom stereocenters. The molecule has 5 heteroatoms. The summed E-state index contributed by atoms with van der Waals surface area (Å²) in [7, 11) is 0. The Kier molecular flexibility index (Phi) is 6.99. The van der Waals surface area contributed by atoms with Gasteiger partial charge in [-0.1, -0.05) is 50.6 Å². The van der Waals surface area contributed by atoms with Crippen molar-refractivity contribution in [2.75, 3.05) is 13.1 Å². The zero-order chi connectivity index (χ0) is 17.2. The minimum Gasteiger partial charge on any atom is -0.341 e. The van der Waals surface area contributed by atoms with E-state index in [1.165, 1.54) is 0 Å². The van der Waals surface area contributed by atoms with Crippen LogP contribution in [0.4, 0.5) is 0 Å². The first-order valence-corrected chi connectivity index (χ1v) is 8.35. The number of Topliss-reactive ketones (excluding diaryl/α,β-unsaturated/α-hetero) is 1. The SMILES string of the molecule is Cc1ccc(C(=O)C2CCN(C(=O)[C@@H](N)C(C)(C)C)CC2)cc1.Cl. The summed E-state index contributed by atoms with van der Waals surface area (Å²) in [6.45, 7) is 9.17. The summed E-state index contributed by atoms with van der Waals surface area (Å²) in [6, 6.07) is 7.23. The lowest BCUT2D eigenvalue weighted by Crippen LogP contribution is -2.52. The second kappa shape index (κ2) is 8.13. The van der Waals surface area contributed by atoms with E-state index in [9.17, 15) is 9.59 Å². The van der Waals surface area contributed by atoms with Crippen molar-refractivity contribution in [1.82, 2.24) is 4.90 Å². The van der Waals surface area contributed by atoms with Crippen molar-refractivity contribution in [3.05, 3.63) is 35.4 Å². The number of rotatable bonds is 3. The normalized spacial score (nSPS) is 17.1. The van der Waals surface area contributed by atoms with Gasteiger partial charge in [-0.05, 0) is 25.2 Å². The van der Waals surface area contributed by atoms with Gasteiger partial charge in [0.25, 0.3) is 0 Å². The van der Waals surface area contributed by atoms with Crippen molar-refractivity contribution in [3.63, 3.8) is 0 Å². The van der Waals surface area contributed by atoms with Crippen LogP contribution in [0.1, 0.15) is 49.5 Å². The van der Waals surface area contributed by atoms with E-state index >= 15 is 0 Å². The van der Waals surface area contributed by atoms with E-state index < -0.39 is 6.04 Å². The van der Waals surface area contributed by atoms with E-state index in [4.69, 9.17) is 5.73 Å². The molecule has 0 saturated carbocycles. The topological polar surface area (TPSA) is 63.4 Å². The Labute approximate surface area is 151 Å². The molecular weight excluding hydrogens is 324 g/mol. The number of carbonyl (C=O) groups is 2. The Morgan fingerprint density at radius 2 is 1.62 bits per heavy atom. The monoisotopic (exact) mass is 352 g/mol. The number of piperidine rings is 1. The van der Waals surface area contributed by atoms with Gasteiger partial charge < -0.3 is 10.6 Å². The van der Waals surface area contributed by atoms with Crippen LogP contribution in [0.25, 0.3) is 0 Å². The molecule has 1 fully saturated rings. The van der Waals surface area contributed by atoms with Crippen LogP contribution in [0, 0.1) is 18.3 Å². The fraction of sp³-hybridized carbons (Fsp3) is 0.579. The van der Waals surface area contributed by atoms with E-state index in [2.05, 4.69) is 0 Å². The van der Waals surface area contributed by atoms with Crippen LogP contribution in [-0.4, -0.2) is 35.7 Å². The average molecular weight is 353 g/mol. The summed E-state index contributed by atoms with van der Waals surface area (Å²) in [4.78, 5) is 26.8. The Morgan fingerprint density at radius 1 is 1.12 bits per heavy atom. The predicted molar refractivity (Wildman–Crippen MR) is 99.5 cm³/mol. The number of nitrogens with zero attached hydrogens (tertiary/aromatic N) is 1. The van der Waals surface area contributed by atoms with Gasteiger partial charge in [0, 0.05) is 24.6 Å². The number of carbonyl (C=O) groups excluding carboxylic acids is 2. The molecule has 1 aliphatic heterocycles. The lowest BCUT2D eigenvalue weighted by molar-refractivity contribution is -0.136. The summed E-state index contributed by atoms with van der Waals surface area (Å²) in [5.41, 5.74) is 7.74. The molecule has 1 heterocycles. The van der Waals surface area contributed by atoms with Gasteiger partial charge in [0.15, 0.2) is 5.78 Å². The molecule has 4 nitrogen and oxygen atoms in total. The van der Waals surface area contributed by atoms with E-state index in [0.29, 0.717) is 13.1 Å². The Balaban J connectivity index is 0.00000288. The maximum Gasteiger partial charge on any atom is 0.240 e. The van der Waals surface area contributed by atoms with Crippen LogP contribution in [0.15, 0.2) is 24.3 Å². The van der Waals surface area contributed by atoms with Crippen molar-refractivity contribution >= 4 is 24.1 Å².